The van der Waals surface area contributed by atoms with E-state index in [0.717, 1.165) is 24.3 Å². The molecule has 0 spiro atoms. The Morgan fingerprint density at radius 1 is 1.10 bits per heavy atom. The first-order valence-corrected chi connectivity index (χ1v) is 7.18. The van der Waals surface area contributed by atoms with Crippen LogP contribution in [0.3, 0.4) is 0 Å². The van der Waals surface area contributed by atoms with Gasteiger partial charge in [0.15, 0.2) is 5.78 Å². The van der Waals surface area contributed by atoms with Crippen LogP contribution in [-0.4, -0.2) is 18.8 Å². The Bertz CT molecular complexity index is 769. The van der Waals surface area contributed by atoms with Crippen molar-refractivity contribution in [2.75, 3.05) is 0 Å². The molecule has 0 heterocycles. The van der Waals surface area contributed by atoms with Crippen LogP contribution in [0.2, 0.25) is 5.02 Å². The predicted molar refractivity (Wildman–Crippen MR) is 71.1 cm³/mol. The lowest BCUT2D eigenvalue weighted by molar-refractivity contribution is 0.103. The molecule has 2 aromatic carbocycles. The minimum absolute atomic E-state index is 0.0608. The molecule has 1 N–H and O–H groups in total. The van der Waals surface area contributed by atoms with Gasteiger partial charge in [0.25, 0.3) is 10.1 Å². The normalized spacial score (nSPS) is 11.3. The van der Waals surface area contributed by atoms with Crippen molar-refractivity contribution in [1.29, 1.82) is 0 Å². The lowest BCUT2D eigenvalue weighted by Crippen LogP contribution is -2.04. The molecule has 0 saturated carbocycles. The number of ketones is 1. The molecule has 0 saturated heterocycles. The van der Waals surface area contributed by atoms with Crippen molar-refractivity contribution < 1.29 is 22.2 Å². The number of rotatable bonds is 3. The predicted octanol–water partition coefficient (Wildman–Crippen LogP) is 2.96. The van der Waals surface area contributed by atoms with Crippen LogP contribution in [0, 0.1) is 5.82 Å². The number of benzene rings is 2. The van der Waals surface area contributed by atoms with E-state index in [1.54, 1.807) is 0 Å². The molecule has 2 rings (SSSR count). The van der Waals surface area contributed by atoms with Gasteiger partial charge in [-0.15, -0.1) is 0 Å². The molecule has 4 nitrogen and oxygen atoms in total. The monoisotopic (exact) mass is 314 g/mol. The van der Waals surface area contributed by atoms with Crippen molar-refractivity contribution in [3.05, 3.63) is 64.4 Å². The van der Waals surface area contributed by atoms with E-state index in [0.29, 0.717) is 0 Å². The third kappa shape index (κ3) is 3.04. The minimum Gasteiger partial charge on any atom is -0.289 e. The third-order valence-electron chi connectivity index (χ3n) is 2.59. The van der Waals surface area contributed by atoms with E-state index in [1.165, 1.54) is 18.2 Å². The Hall–Kier alpha value is -1.76. The molecule has 0 aromatic heterocycles. The summed E-state index contributed by atoms with van der Waals surface area (Å²) >= 11 is 5.84. The molecule has 0 aliphatic rings. The molecule has 0 fully saturated rings. The lowest BCUT2D eigenvalue weighted by Gasteiger charge is -2.05. The van der Waals surface area contributed by atoms with E-state index in [-0.39, 0.29) is 16.1 Å². The summed E-state index contributed by atoms with van der Waals surface area (Å²) in [6.45, 7) is 0. The standard InChI is InChI=1S/C13H8ClFO4S/c14-12-7-10(20(17,18)19)5-6-11(12)13(16)8-1-3-9(15)4-2-8/h1-7H,(H,17,18,19). The van der Waals surface area contributed by atoms with Gasteiger partial charge in [0.05, 0.1) is 9.92 Å². The summed E-state index contributed by atoms with van der Waals surface area (Å²) in [5.74, 6) is -0.953. The summed E-state index contributed by atoms with van der Waals surface area (Å²) in [6.07, 6.45) is 0. The first-order chi connectivity index (χ1) is 9.29. The first kappa shape index (κ1) is 14.6. The van der Waals surface area contributed by atoms with Gasteiger partial charge in [0.1, 0.15) is 5.82 Å². The Morgan fingerprint density at radius 2 is 1.70 bits per heavy atom. The minimum atomic E-state index is -4.38. The van der Waals surface area contributed by atoms with Crippen molar-refractivity contribution in [1.82, 2.24) is 0 Å². The highest BCUT2D eigenvalue weighted by molar-refractivity contribution is 7.85. The van der Waals surface area contributed by atoms with E-state index in [9.17, 15) is 17.6 Å². The Balaban J connectivity index is 2.43. The summed E-state index contributed by atoms with van der Waals surface area (Å²) in [5.41, 5.74) is 0.276. The summed E-state index contributed by atoms with van der Waals surface area (Å²) in [4.78, 5) is 11.7. The number of carbonyl (C=O) groups excluding carboxylic acids is 1. The number of hydrogen-bond donors (Lipinski definition) is 1. The molecular weight excluding hydrogens is 307 g/mol. The van der Waals surface area contributed by atoms with E-state index in [1.807, 2.05) is 0 Å². The maximum atomic E-state index is 12.8. The van der Waals surface area contributed by atoms with E-state index in [4.69, 9.17) is 16.2 Å². The molecular formula is C13H8ClFO4S. The first-order valence-electron chi connectivity index (χ1n) is 5.36. The lowest BCUT2D eigenvalue weighted by atomic mass is 10.0. The summed E-state index contributed by atoms with van der Waals surface area (Å²) in [7, 11) is -4.38. The van der Waals surface area contributed by atoms with Gasteiger partial charge in [0.2, 0.25) is 0 Å². The molecule has 0 aliphatic carbocycles. The molecule has 20 heavy (non-hydrogen) atoms. The maximum Gasteiger partial charge on any atom is 0.294 e. The quantitative estimate of drug-likeness (QED) is 0.698. The van der Waals surface area contributed by atoms with Gasteiger partial charge in [0, 0.05) is 11.1 Å². The van der Waals surface area contributed by atoms with Crippen LogP contribution in [0.5, 0.6) is 0 Å². The molecule has 0 atom stereocenters. The number of halogens is 2. The van der Waals surface area contributed by atoms with Crippen LogP contribution < -0.4 is 0 Å². The summed E-state index contributed by atoms with van der Waals surface area (Å²) in [5, 5.41) is -0.116. The second kappa shape index (κ2) is 5.32. The van der Waals surface area contributed by atoms with Gasteiger partial charge in [-0.3, -0.25) is 9.35 Å². The van der Waals surface area contributed by atoms with Crippen LogP contribution in [0.1, 0.15) is 15.9 Å². The van der Waals surface area contributed by atoms with Crippen LogP contribution in [-0.2, 0) is 10.1 Å². The molecule has 7 heteroatoms. The summed E-state index contributed by atoms with van der Waals surface area (Å²) < 4.78 is 43.5. The van der Waals surface area contributed by atoms with Crippen molar-refractivity contribution in [2.24, 2.45) is 0 Å². The second-order valence-electron chi connectivity index (χ2n) is 3.95. The Labute approximate surface area is 119 Å². The van der Waals surface area contributed by atoms with Crippen molar-refractivity contribution in [3.8, 4) is 0 Å². The van der Waals surface area contributed by atoms with Gasteiger partial charge < -0.3 is 0 Å². The SMILES string of the molecule is O=C(c1ccc(F)cc1)c1ccc(S(=O)(=O)O)cc1Cl. The Morgan fingerprint density at radius 3 is 2.20 bits per heavy atom. The van der Waals surface area contributed by atoms with Gasteiger partial charge >= 0.3 is 0 Å². The van der Waals surface area contributed by atoms with Crippen LogP contribution >= 0.6 is 11.6 Å². The van der Waals surface area contributed by atoms with Crippen LogP contribution in [0.15, 0.2) is 47.4 Å². The fraction of sp³-hybridized carbons (Fsp3) is 0. The topological polar surface area (TPSA) is 71.4 Å². The van der Waals surface area contributed by atoms with Crippen LogP contribution in [0.4, 0.5) is 4.39 Å². The van der Waals surface area contributed by atoms with Crippen molar-refractivity contribution >= 4 is 27.5 Å². The molecule has 0 amide bonds. The van der Waals surface area contributed by atoms with Crippen LogP contribution in [0.25, 0.3) is 0 Å². The molecule has 0 unspecified atom stereocenters. The van der Waals surface area contributed by atoms with Gasteiger partial charge in [-0.05, 0) is 42.5 Å². The molecule has 0 aliphatic heterocycles. The second-order valence-corrected chi connectivity index (χ2v) is 5.78. The van der Waals surface area contributed by atoms with E-state index in [2.05, 4.69) is 0 Å². The smallest absolute Gasteiger partial charge is 0.289 e. The maximum absolute atomic E-state index is 12.8. The zero-order chi connectivity index (χ0) is 14.9. The molecule has 2 aromatic rings. The fourth-order valence-corrected chi connectivity index (χ4v) is 2.44. The van der Waals surface area contributed by atoms with Gasteiger partial charge in [-0.25, -0.2) is 4.39 Å². The molecule has 0 radical (unpaired) electrons. The van der Waals surface area contributed by atoms with Crippen molar-refractivity contribution in [3.63, 3.8) is 0 Å². The zero-order valence-corrected chi connectivity index (χ0v) is 11.5. The average molecular weight is 315 g/mol. The van der Waals surface area contributed by atoms with E-state index < -0.39 is 26.6 Å². The largest absolute Gasteiger partial charge is 0.294 e. The van der Waals surface area contributed by atoms with Gasteiger partial charge in [-0.1, -0.05) is 11.6 Å². The van der Waals surface area contributed by atoms with E-state index >= 15 is 0 Å². The highest BCUT2D eigenvalue weighted by Crippen LogP contribution is 2.23. The number of hydrogen-bond acceptors (Lipinski definition) is 3. The Kier molecular flexibility index (Phi) is 3.89. The fourth-order valence-electron chi connectivity index (χ4n) is 1.60. The van der Waals surface area contributed by atoms with Gasteiger partial charge in [-0.2, -0.15) is 8.42 Å². The summed E-state index contributed by atoms with van der Waals surface area (Å²) in [6, 6.07) is 8.10. The third-order valence-corrected chi connectivity index (χ3v) is 3.75. The molecule has 104 valence electrons. The highest BCUT2D eigenvalue weighted by atomic mass is 35.5. The molecule has 0 bridgehead atoms. The average Bonchev–Trinajstić information content (AvgIpc) is 2.37. The number of carbonyl (C=O) groups is 1. The highest BCUT2D eigenvalue weighted by Gasteiger charge is 2.17. The van der Waals surface area contributed by atoms with Crippen molar-refractivity contribution in [2.45, 2.75) is 4.90 Å². The zero-order valence-electron chi connectivity index (χ0n) is 9.88.